The van der Waals surface area contributed by atoms with Crippen molar-refractivity contribution in [2.75, 3.05) is 0 Å². The summed E-state index contributed by atoms with van der Waals surface area (Å²) in [6, 6.07) is 3.83. The van der Waals surface area contributed by atoms with E-state index in [0.29, 0.717) is 0 Å². The van der Waals surface area contributed by atoms with Crippen LogP contribution in [0.2, 0.25) is 0 Å². The predicted molar refractivity (Wildman–Crippen MR) is 65.0 cm³/mol. The third kappa shape index (κ3) is 2.08. The Morgan fingerprint density at radius 3 is 2.80 bits per heavy atom. The number of nitrogens with one attached hydrogen (secondary N) is 1. The van der Waals surface area contributed by atoms with Crippen LogP contribution in [0, 0.1) is 0 Å². The summed E-state index contributed by atoms with van der Waals surface area (Å²) in [7, 11) is 0. The highest BCUT2D eigenvalue weighted by Gasteiger charge is 2.10. The van der Waals surface area contributed by atoms with Gasteiger partial charge in [0.1, 0.15) is 0 Å². The molecule has 5 heteroatoms. The summed E-state index contributed by atoms with van der Waals surface area (Å²) in [5, 5.41) is 9.68. The van der Waals surface area contributed by atoms with Crippen LogP contribution >= 0.6 is 31.9 Å². The largest absolute Gasteiger partial charge is 0.481 e. The van der Waals surface area contributed by atoms with Crippen molar-refractivity contribution in [2.24, 2.45) is 0 Å². The Bertz CT molecular complexity index is 533. The molecule has 0 aliphatic heterocycles. The first-order valence-electron chi connectivity index (χ1n) is 4.24. The van der Waals surface area contributed by atoms with E-state index in [9.17, 15) is 4.79 Å². The first-order chi connectivity index (χ1) is 7.08. The maximum absolute atomic E-state index is 10.6. The van der Waals surface area contributed by atoms with Gasteiger partial charge >= 0.3 is 5.97 Å². The molecule has 0 atom stereocenters. The molecule has 0 fully saturated rings. The van der Waals surface area contributed by atoms with E-state index >= 15 is 0 Å². The van der Waals surface area contributed by atoms with Gasteiger partial charge in [-0.15, -0.1) is 0 Å². The van der Waals surface area contributed by atoms with E-state index in [2.05, 4.69) is 36.8 Å². The number of aliphatic carboxylic acids is 1. The number of fused-ring (bicyclic) bond motifs is 1. The van der Waals surface area contributed by atoms with Gasteiger partial charge in [-0.05, 0) is 33.6 Å². The zero-order chi connectivity index (χ0) is 11.0. The number of hydrogen-bond donors (Lipinski definition) is 2. The summed E-state index contributed by atoms with van der Waals surface area (Å²) in [4.78, 5) is 13.7. The van der Waals surface area contributed by atoms with Gasteiger partial charge < -0.3 is 10.1 Å². The number of H-pyrrole nitrogens is 1. The molecule has 0 aliphatic rings. The Kier molecular flexibility index (Phi) is 2.84. The van der Waals surface area contributed by atoms with Gasteiger partial charge in [0.2, 0.25) is 0 Å². The SMILES string of the molecule is O=C(O)Cc1c[nH]c2c(Br)cc(Br)cc12. The maximum Gasteiger partial charge on any atom is 0.307 e. The monoisotopic (exact) mass is 331 g/mol. The lowest BCUT2D eigenvalue weighted by Gasteiger charge is -1.98. The molecule has 0 aliphatic carbocycles. The van der Waals surface area contributed by atoms with Gasteiger partial charge in [-0.25, -0.2) is 0 Å². The lowest BCUT2D eigenvalue weighted by atomic mass is 10.1. The Morgan fingerprint density at radius 2 is 2.13 bits per heavy atom. The minimum absolute atomic E-state index is 0.0306. The first-order valence-corrected chi connectivity index (χ1v) is 5.83. The van der Waals surface area contributed by atoms with Crippen LogP contribution in [0.15, 0.2) is 27.3 Å². The molecule has 0 bridgehead atoms. The normalized spacial score (nSPS) is 10.8. The van der Waals surface area contributed by atoms with Gasteiger partial charge in [0, 0.05) is 20.5 Å². The number of hydrogen-bond acceptors (Lipinski definition) is 1. The second kappa shape index (κ2) is 3.98. The fraction of sp³-hybridized carbons (Fsp3) is 0.100. The van der Waals surface area contributed by atoms with Crippen LogP contribution in [0.5, 0.6) is 0 Å². The summed E-state index contributed by atoms with van der Waals surface area (Å²) in [6.45, 7) is 0. The number of rotatable bonds is 2. The molecule has 0 spiro atoms. The number of aromatic nitrogens is 1. The summed E-state index contributed by atoms with van der Waals surface area (Å²) in [6.07, 6.45) is 1.76. The van der Waals surface area contributed by atoms with E-state index in [0.717, 1.165) is 25.4 Å². The third-order valence-corrected chi connectivity index (χ3v) is 3.22. The van der Waals surface area contributed by atoms with Crippen molar-refractivity contribution in [1.82, 2.24) is 4.98 Å². The maximum atomic E-state index is 10.6. The molecule has 2 aromatic rings. The van der Waals surface area contributed by atoms with Gasteiger partial charge in [0.25, 0.3) is 0 Å². The van der Waals surface area contributed by atoms with Crippen molar-refractivity contribution >= 4 is 48.7 Å². The van der Waals surface area contributed by atoms with E-state index in [1.165, 1.54) is 0 Å². The van der Waals surface area contributed by atoms with Crippen LogP contribution in [0.25, 0.3) is 10.9 Å². The highest BCUT2D eigenvalue weighted by molar-refractivity contribution is 9.11. The Balaban J connectivity index is 2.63. The van der Waals surface area contributed by atoms with Gasteiger partial charge in [-0.2, -0.15) is 0 Å². The molecule has 0 unspecified atom stereocenters. The molecule has 3 nitrogen and oxygen atoms in total. The molecule has 0 radical (unpaired) electrons. The van der Waals surface area contributed by atoms with Crippen molar-refractivity contribution in [2.45, 2.75) is 6.42 Å². The van der Waals surface area contributed by atoms with Crippen LogP contribution in [-0.4, -0.2) is 16.1 Å². The lowest BCUT2D eigenvalue weighted by Crippen LogP contribution is -1.98. The summed E-state index contributed by atoms with van der Waals surface area (Å²) in [5.41, 5.74) is 1.72. The standard InChI is InChI=1S/C10H7Br2NO2/c11-6-2-7-5(1-9(14)15)4-13-10(7)8(12)3-6/h2-4,13H,1H2,(H,14,15). The molecule has 0 amide bonds. The van der Waals surface area contributed by atoms with Gasteiger partial charge in [-0.1, -0.05) is 15.9 Å². The first kappa shape index (κ1) is 10.7. The number of carboxylic acid groups (broad SMARTS) is 1. The van der Waals surface area contributed by atoms with Crippen LogP contribution in [0.3, 0.4) is 0 Å². The van der Waals surface area contributed by atoms with Crippen molar-refractivity contribution in [3.05, 3.63) is 32.8 Å². The van der Waals surface area contributed by atoms with E-state index in [4.69, 9.17) is 5.11 Å². The fourth-order valence-electron chi connectivity index (χ4n) is 1.52. The van der Waals surface area contributed by atoms with Crippen LogP contribution in [-0.2, 0) is 11.2 Å². The molecule has 2 rings (SSSR count). The predicted octanol–water partition coefficient (Wildman–Crippen LogP) is 3.32. The highest BCUT2D eigenvalue weighted by atomic mass is 79.9. The molecule has 0 saturated carbocycles. The molecule has 1 aromatic carbocycles. The topological polar surface area (TPSA) is 53.1 Å². The zero-order valence-corrected chi connectivity index (χ0v) is 10.7. The van der Waals surface area contributed by atoms with E-state index in [1.807, 2.05) is 12.1 Å². The average Bonchev–Trinajstić information content (AvgIpc) is 2.48. The minimum atomic E-state index is -0.827. The molecule has 1 aromatic heterocycles. The number of halogens is 2. The molecule has 0 saturated heterocycles. The molecule has 2 N–H and O–H groups in total. The Hall–Kier alpha value is -0.810. The van der Waals surface area contributed by atoms with E-state index in [-0.39, 0.29) is 6.42 Å². The van der Waals surface area contributed by atoms with Gasteiger partial charge in [0.05, 0.1) is 11.9 Å². The summed E-state index contributed by atoms with van der Waals surface area (Å²) >= 11 is 6.80. The number of carbonyl (C=O) groups is 1. The van der Waals surface area contributed by atoms with E-state index < -0.39 is 5.97 Å². The van der Waals surface area contributed by atoms with Gasteiger partial charge in [0.15, 0.2) is 0 Å². The molecular formula is C10H7Br2NO2. The molecule has 15 heavy (non-hydrogen) atoms. The van der Waals surface area contributed by atoms with Crippen molar-refractivity contribution in [1.29, 1.82) is 0 Å². The van der Waals surface area contributed by atoms with Crippen LogP contribution in [0.1, 0.15) is 5.56 Å². The molecule has 1 heterocycles. The van der Waals surface area contributed by atoms with Crippen LogP contribution in [0.4, 0.5) is 0 Å². The number of aromatic amines is 1. The summed E-state index contributed by atoms with van der Waals surface area (Å²) < 4.78 is 1.84. The fourth-order valence-corrected chi connectivity index (χ4v) is 2.86. The Morgan fingerprint density at radius 1 is 1.40 bits per heavy atom. The molecular weight excluding hydrogens is 326 g/mol. The number of benzene rings is 1. The van der Waals surface area contributed by atoms with Gasteiger partial charge in [-0.3, -0.25) is 4.79 Å². The lowest BCUT2D eigenvalue weighted by molar-refractivity contribution is -0.136. The van der Waals surface area contributed by atoms with Crippen molar-refractivity contribution in [3.63, 3.8) is 0 Å². The van der Waals surface area contributed by atoms with Crippen molar-refractivity contribution < 1.29 is 9.90 Å². The van der Waals surface area contributed by atoms with E-state index in [1.54, 1.807) is 6.20 Å². The third-order valence-electron chi connectivity index (χ3n) is 2.13. The van der Waals surface area contributed by atoms with Crippen molar-refractivity contribution in [3.8, 4) is 0 Å². The smallest absolute Gasteiger partial charge is 0.307 e. The zero-order valence-electron chi connectivity index (χ0n) is 7.55. The summed E-state index contributed by atoms with van der Waals surface area (Å²) in [5.74, 6) is -0.827. The number of carboxylic acids is 1. The highest BCUT2D eigenvalue weighted by Crippen LogP contribution is 2.30. The average molecular weight is 333 g/mol. The second-order valence-corrected chi connectivity index (χ2v) is 4.96. The second-order valence-electron chi connectivity index (χ2n) is 3.19. The Labute approximate surface area is 103 Å². The quantitative estimate of drug-likeness (QED) is 0.886. The van der Waals surface area contributed by atoms with Crippen LogP contribution < -0.4 is 0 Å². The minimum Gasteiger partial charge on any atom is -0.481 e. The molecule has 78 valence electrons.